The van der Waals surface area contributed by atoms with E-state index in [0.717, 1.165) is 5.56 Å². The van der Waals surface area contributed by atoms with Crippen molar-refractivity contribution in [3.05, 3.63) is 64.1 Å². The third-order valence-corrected chi connectivity index (χ3v) is 3.86. The molecule has 0 aliphatic heterocycles. The summed E-state index contributed by atoms with van der Waals surface area (Å²) in [5.74, 6) is 0.311. The molecule has 2 rings (SSSR count). The first-order valence-electron chi connectivity index (χ1n) is 7.04. The summed E-state index contributed by atoms with van der Waals surface area (Å²) in [5.41, 5.74) is 0.866. The quantitative estimate of drug-likeness (QED) is 0.844. The molecule has 0 saturated carbocycles. The lowest BCUT2D eigenvalue weighted by Gasteiger charge is -2.18. The Morgan fingerprint density at radius 3 is 2.36 bits per heavy atom. The first kappa shape index (κ1) is 16.7. The van der Waals surface area contributed by atoms with Gasteiger partial charge in [-0.1, -0.05) is 60.5 Å². The van der Waals surface area contributed by atoms with E-state index in [1.807, 2.05) is 37.3 Å². The average Bonchev–Trinajstić information content (AvgIpc) is 2.53. The molecule has 2 aromatic carbocycles. The molecular weight excluding hydrogens is 321 g/mol. The average molecular weight is 338 g/mol. The minimum atomic E-state index is -0.595. The summed E-state index contributed by atoms with van der Waals surface area (Å²) >= 11 is 12.1. The predicted molar refractivity (Wildman–Crippen MR) is 89.5 cm³/mol. The molecule has 2 aromatic rings. The van der Waals surface area contributed by atoms with Gasteiger partial charge in [-0.15, -0.1) is 0 Å². The van der Waals surface area contributed by atoms with Crippen molar-refractivity contribution in [1.82, 2.24) is 5.32 Å². The molecule has 0 aromatic heterocycles. The normalized spacial score (nSPS) is 11.8. The Bertz CT molecular complexity index is 646. The number of amides is 1. The number of carbonyl (C=O) groups is 1. The van der Waals surface area contributed by atoms with Gasteiger partial charge in [0, 0.05) is 11.6 Å². The van der Waals surface area contributed by atoms with Crippen LogP contribution in [0.1, 0.15) is 18.9 Å². The van der Waals surface area contributed by atoms with Crippen LogP contribution in [0.2, 0.25) is 10.0 Å². The Morgan fingerprint density at radius 2 is 1.73 bits per heavy atom. The van der Waals surface area contributed by atoms with Crippen LogP contribution >= 0.6 is 23.2 Å². The summed E-state index contributed by atoms with van der Waals surface area (Å²) in [5, 5.41) is 3.95. The largest absolute Gasteiger partial charge is 0.479 e. The first-order chi connectivity index (χ1) is 10.6. The van der Waals surface area contributed by atoms with Crippen LogP contribution in [0.4, 0.5) is 0 Å². The van der Waals surface area contributed by atoms with Crippen LogP contribution in [-0.2, 0) is 11.3 Å². The van der Waals surface area contributed by atoms with Gasteiger partial charge in [-0.2, -0.15) is 0 Å². The molecule has 0 aliphatic carbocycles. The lowest BCUT2D eigenvalue weighted by molar-refractivity contribution is -0.128. The first-order valence-corrected chi connectivity index (χ1v) is 7.79. The highest BCUT2D eigenvalue weighted by Crippen LogP contribution is 2.25. The number of halogens is 2. The minimum absolute atomic E-state index is 0.192. The van der Waals surface area contributed by atoms with E-state index < -0.39 is 6.10 Å². The van der Waals surface area contributed by atoms with Crippen LogP contribution in [0.3, 0.4) is 0 Å². The zero-order valence-corrected chi connectivity index (χ0v) is 13.7. The predicted octanol–water partition coefficient (Wildman–Crippen LogP) is 4.47. The van der Waals surface area contributed by atoms with Crippen molar-refractivity contribution in [2.24, 2.45) is 0 Å². The summed E-state index contributed by atoms with van der Waals surface area (Å²) in [7, 11) is 0. The van der Waals surface area contributed by atoms with E-state index in [9.17, 15) is 4.79 Å². The van der Waals surface area contributed by atoms with Crippen LogP contribution in [0.25, 0.3) is 0 Å². The van der Waals surface area contributed by atoms with Crippen molar-refractivity contribution in [3.63, 3.8) is 0 Å². The maximum atomic E-state index is 12.3. The molecule has 0 fully saturated rings. The van der Waals surface area contributed by atoms with E-state index in [4.69, 9.17) is 27.9 Å². The Labute approximate surface area is 140 Å². The molecule has 0 saturated heterocycles. The number of hydrogen-bond acceptors (Lipinski definition) is 2. The summed E-state index contributed by atoms with van der Waals surface area (Å²) in [4.78, 5) is 12.3. The number of benzene rings is 2. The molecule has 0 heterocycles. The highest BCUT2D eigenvalue weighted by Gasteiger charge is 2.19. The molecule has 1 atom stereocenters. The number of para-hydroxylation sites is 1. The Hall–Kier alpha value is -1.71. The summed E-state index contributed by atoms with van der Waals surface area (Å²) < 4.78 is 5.70. The van der Waals surface area contributed by atoms with Crippen LogP contribution < -0.4 is 10.1 Å². The maximum Gasteiger partial charge on any atom is 0.261 e. The fourth-order valence-electron chi connectivity index (χ4n) is 1.95. The minimum Gasteiger partial charge on any atom is -0.479 e. The highest BCUT2D eigenvalue weighted by molar-refractivity contribution is 6.32. The van der Waals surface area contributed by atoms with Crippen molar-refractivity contribution >= 4 is 29.1 Å². The zero-order valence-electron chi connectivity index (χ0n) is 12.2. The molecule has 5 heteroatoms. The van der Waals surface area contributed by atoms with E-state index in [1.54, 1.807) is 18.2 Å². The number of carbonyl (C=O) groups excluding carboxylic acids is 1. The number of ether oxygens (including phenoxy) is 1. The molecule has 0 radical (unpaired) electrons. The SMILES string of the molecule is CC[C@H](Oc1ccccc1Cl)C(=O)NCc1ccccc1Cl. The Morgan fingerprint density at radius 1 is 1.09 bits per heavy atom. The van der Waals surface area contributed by atoms with Crippen LogP contribution in [0.5, 0.6) is 5.75 Å². The second-order valence-electron chi connectivity index (χ2n) is 4.75. The van der Waals surface area contributed by atoms with Gasteiger partial charge in [0.15, 0.2) is 6.10 Å². The fourth-order valence-corrected chi connectivity index (χ4v) is 2.34. The number of hydrogen-bond donors (Lipinski definition) is 1. The van der Waals surface area contributed by atoms with Gasteiger partial charge in [0.25, 0.3) is 5.91 Å². The lowest BCUT2D eigenvalue weighted by Crippen LogP contribution is -2.37. The summed E-state index contributed by atoms with van der Waals surface area (Å²) in [6, 6.07) is 14.5. The van der Waals surface area contributed by atoms with Gasteiger partial charge < -0.3 is 10.1 Å². The highest BCUT2D eigenvalue weighted by atomic mass is 35.5. The lowest BCUT2D eigenvalue weighted by atomic mass is 10.2. The summed E-state index contributed by atoms with van der Waals surface area (Å²) in [6.07, 6.45) is -0.0538. The van der Waals surface area contributed by atoms with Gasteiger partial charge in [0.2, 0.25) is 0 Å². The van der Waals surface area contributed by atoms with E-state index in [-0.39, 0.29) is 5.91 Å². The number of nitrogens with one attached hydrogen (secondary N) is 1. The van der Waals surface area contributed by atoms with E-state index in [2.05, 4.69) is 5.32 Å². The van der Waals surface area contributed by atoms with Crippen LogP contribution in [-0.4, -0.2) is 12.0 Å². The molecule has 0 spiro atoms. The second-order valence-corrected chi connectivity index (χ2v) is 5.57. The zero-order chi connectivity index (χ0) is 15.9. The molecule has 22 heavy (non-hydrogen) atoms. The van der Waals surface area contributed by atoms with Crippen molar-refractivity contribution in [2.45, 2.75) is 26.0 Å². The van der Waals surface area contributed by atoms with Gasteiger partial charge in [0.1, 0.15) is 5.75 Å². The van der Waals surface area contributed by atoms with Crippen LogP contribution in [0.15, 0.2) is 48.5 Å². The van der Waals surface area contributed by atoms with Gasteiger partial charge in [-0.25, -0.2) is 0 Å². The van der Waals surface area contributed by atoms with Gasteiger partial charge in [0.05, 0.1) is 5.02 Å². The van der Waals surface area contributed by atoms with E-state index in [1.165, 1.54) is 0 Å². The van der Waals surface area contributed by atoms with Gasteiger partial charge >= 0.3 is 0 Å². The fraction of sp³-hybridized carbons (Fsp3) is 0.235. The van der Waals surface area contributed by atoms with E-state index in [0.29, 0.717) is 28.8 Å². The van der Waals surface area contributed by atoms with Crippen molar-refractivity contribution in [2.75, 3.05) is 0 Å². The second kappa shape index (κ2) is 8.06. The molecule has 1 amide bonds. The third-order valence-electron chi connectivity index (χ3n) is 3.18. The van der Waals surface area contributed by atoms with Crippen molar-refractivity contribution in [1.29, 1.82) is 0 Å². The topological polar surface area (TPSA) is 38.3 Å². The Balaban J connectivity index is 1.98. The van der Waals surface area contributed by atoms with Crippen molar-refractivity contribution in [3.8, 4) is 5.75 Å². The molecular formula is C17H17Cl2NO2. The third kappa shape index (κ3) is 4.39. The Kier molecular flexibility index (Phi) is 6.10. The molecule has 3 nitrogen and oxygen atoms in total. The number of rotatable bonds is 6. The van der Waals surface area contributed by atoms with Gasteiger partial charge in [-0.05, 0) is 30.2 Å². The van der Waals surface area contributed by atoms with Crippen molar-refractivity contribution < 1.29 is 9.53 Å². The molecule has 1 N–H and O–H groups in total. The smallest absolute Gasteiger partial charge is 0.261 e. The maximum absolute atomic E-state index is 12.3. The van der Waals surface area contributed by atoms with Crippen LogP contribution in [0, 0.1) is 0 Å². The molecule has 0 aliphatic rings. The van der Waals surface area contributed by atoms with E-state index >= 15 is 0 Å². The standard InChI is InChI=1S/C17H17Cl2NO2/c1-2-15(22-16-10-6-5-9-14(16)19)17(21)20-11-12-7-3-4-8-13(12)18/h3-10,15H,2,11H2,1H3,(H,20,21)/t15-/m0/s1. The molecule has 0 unspecified atom stereocenters. The molecule has 116 valence electrons. The summed E-state index contributed by atoms with van der Waals surface area (Å²) in [6.45, 7) is 2.25. The monoisotopic (exact) mass is 337 g/mol. The molecule has 0 bridgehead atoms. The van der Waals surface area contributed by atoms with Gasteiger partial charge in [-0.3, -0.25) is 4.79 Å².